The van der Waals surface area contributed by atoms with E-state index in [0.717, 1.165) is 26.5 Å². The summed E-state index contributed by atoms with van der Waals surface area (Å²) in [4.78, 5) is 27.4. The molecule has 196 valence electrons. The number of ether oxygens (including phenoxy) is 1. The van der Waals surface area contributed by atoms with Crippen molar-refractivity contribution in [3.63, 3.8) is 0 Å². The van der Waals surface area contributed by atoms with E-state index in [2.05, 4.69) is 21.2 Å². The Kier molecular flexibility index (Phi) is 9.28. The number of carbonyl (C=O) groups excluding carboxylic acids is 2. The standard InChI is InChI=1S/C26H27BrFN3O5S/c1-18(26(33)29-2)30(16-19-5-4-6-20(27)15-19)25(32)17-31(22-9-7-21(28)8-10-22)37(34,35)24-13-11-23(36-3)12-14-24/h4-15,18H,16-17H2,1-3H3,(H,29,33)/t18-/m1/s1. The highest BCUT2D eigenvalue weighted by atomic mass is 79.9. The predicted molar refractivity (Wildman–Crippen MR) is 142 cm³/mol. The van der Waals surface area contributed by atoms with Crippen LogP contribution in [0, 0.1) is 5.82 Å². The van der Waals surface area contributed by atoms with E-state index in [9.17, 15) is 22.4 Å². The number of amides is 2. The van der Waals surface area contributed by atoms with Crippen LogP contribution in [0.25, 0.3) is 0 Å². The van der Waals surface area contributed by atoms with E-state index in [4.69, 9.17) is 4.74 Å². The van der Waals surface area contributed by atoms with Gasteiger partial charge in [-0.15, -0.1) is 0 Å². The number of halogens is 2. The van der Waals surface area contributed by atoms with Gasteiger partial charge < -0.3 is 15.0 Å². The van der Waals surface area contributed by atoms with Gasteiger partial charge in [0.05, 0.1) is 17.7 Å². The maximum Gasteiger partial charge on any atom is 0.264 e. The van der Waals surface area contributed by atoms with Crippen molar-refractivity contribution in [3.8, 4) is 5.75 Å². The molecule has 0 aliphatic rings. The van der Waals surface area contributed by atoms with Gasteiger partial charge in [-0.2, -0.15) is 0 Å². The van der Waals surface area contributed by atoms with Crippen LogP contribution < -0.4 is 14.4 Å². The predicted octanol–water partition coefficient (Wildman–Crippen LogP) is 3.96. The number of benzene rings is 3. The van der Waals surface area contributed by atoms with Crippen molar-refractivity contribution in [1.82, 2.24) is 10.2 Å². The summed E-state index contributed by atoms with van der Waals surface area (Å²) < 4.78 is 47.8. The Labute approximate surface area is 224 Å². The average molecular weight is 592 g/mol. The molecule has 0 saturated heterocycles. The minimum Gasteiger partial charge on any atom is -0.497 e. The van der Waals surface area contributed by atoms with Gasteiger partial charge >= 0.3 is 0 Å². The molecule has 0 aromatic heterocycles. The summed E-state index contributed by atoms with van der Waals surface area (Å²) in [6.45, 7) is 1.01. The monoisotopic (exact) mass is 591 g/mol. The highest BCUT2D eigenvalue weighted by molar-refractivity contribution is 9.10. The van der Waals surface area contributed by atoms with E-state index in [0.29, 0.717) is 5.75 Å². The number of carbonyl (C=O) groups is 2. The molecule has 2 amide bonds. The van der Waals surface area contributed by atoms with Crippen LogP contribution >= 0.6 is 15.9 Å². The van der Waals surface area contributed by atoms with Crippen LogP contribution in [-0.2, 0) is 26.2 Å². The highest BCUT2D eigenvalue weighted by Gasteiger charge is 2.32. The molecule has 1 atom stereocenters. The second-order valence-corrected chi connectivity index (χ2v) is 10.9. The molecule has 11 heteroatoms. The number of sulfonamides is 1. The van der Waals surface area contributed by atoms with Gasteiger partial charge in [-0.1, -0.05) is 28.1 Å². The first-order chi connectivity index (χ1) is 17.6. The van der Waals surface area contributed by atoms with Crippen molar-refractivity contribution in [3.05, 3.63) is 88.6 Å². The molecule has 0 spiro atoms. The number of likely N-dealkylation sites (N-methyl/N-ethyl adjacent to an activating group) is 1. The molecule has 8 nitrogen and oxygen atoms in total. The van der Waals surface area contributed by atoms with E-state index >= 15 is 0 Å². The Morgan fingerprint density at radius 2 is 1.70 bits per heavy atom. The van der Waals surface area contributed by atoms with E-state index in [1.54, 1.807) is 19.1 Å². The lowest BCUT2D eigenvalue weighted by Crippen LogP contribution is -2.50. The van der Waals surface area contributed by atoms with Gasteiger partial charge in [0.25, 0.3) is 10.0 Å². The molecule has 37 heavy (non-hydrogen) atoms. The Bertz CT molecular complexity index is 1350. The number of methoxy groups -OCH3 is 1. The number of nitrogens with zero attached hydrogens (tertiary/aromatic N) is 2. The van der Waals surface area contributed by atoms with Crippen molar-refractivity contribution in [1.29, 1.82) is 0 Å². The van der Waals surface area contributed by atoms with E-state index < -0.39 is 40.2 Å². The third-order valence-electron chi connectivity index (χ3n) is 5.70. The van der Waals surface area contributed by atoms with E-state index in [1.807, 2.05) is 12.1 Å². The summed E-state index contributed by atoms with van der Waals surface area (Å²) in [7, 11) is -1.34. The molecule has 1 N–H and O–H groups in total. The molecule has 3 aromatic carbocycles. The van der Waals surface area contributed by atoms with Crippen molar-refractivity contribution < 1.29 is 27.1 Å². The maximum atomic E-state index is 13.7. The zero-order chi connectivity index (χ0) is 27.2. The normalized spacial score (nSPS) is 11.9. The van der Waals surface area contributed by atoms with Gasteiger partial charge in [-0.3, -0.25) is 13.9 Å². The Morgan fingerprint density at radius 1 is 1.05 bits per heavy atom. The van der Waals surface area contributed by atoms with Crippen LogP contribution in [0.4, 0.5) is 10.1 Å². The second-order valence-electron chi connectivity index (χ2n) is 8.11. The molecule has 0 aliphatic heterocycles. The fourth-order valence-electron chi connectivity index (χ4n) is 3.63. The Hall–Kier alpha value is -3.44. The van der Waals surface area contributed by atoms with Gasteiger partial charge in [-0.25, -0.2) is 12.8 Å². The molecule has 3 aromatic rings. The summed E-state index contributed by atoms with van der Waals surface area (Å²) in [6, 6.07) is 16.8. The smallest absolute Gasteiger partial charge is 0.264 e. The molecule has 0 unspecified atom stereocenters. The fraction of sp³-hybridized carbons (Fsp3) is 0.231. The lowest BCUT2D eigenvalue weighted by Gasteiger charge is -2.31. The number of hydrogen-bond acceptors (Lipinski definition) is 5. The lowest BCUT2D eigenvalue weighted by molar-refractivity contribution is -0.139. The van der Waals surface area contributed by atoms with Gasteiger partial charge in [-0.05, 0) is 73.2 Å². The molecule has 3 rings (SSSR count). The average Bonchev–Trinajstić information content (AvgIpc) is 2.90. The first-order valence-corrected chi connectivity index (χ1v) is 13.5. The van der Waals surface area contributed by atoms with Gasteiger partial charge in [0, 0.05) is 18.1 Å². The van der Waals surface area contributed by atoms with Gasteiger partial charge in [0.1, 0.15) is 24.2 Å². The summed E-state index contributed by atoms with van der Waals surface area (Å²) in [5.41, 5.74) is 0.838. The topological polar surface area (TPSA) is 96.0 Å². The minimum absolute atomic E-state index is 0.0622. The van der Waals surface area contributed by atoms with Crippen LogP contribution in [0.5, 0.6) is 5.75 Å². The van der Waals surface area contributed by atoms with Gasteiger partial charge in [0.2, 0.25) is 11.8 Å². The molecule has 0 saturated carbocycles. The SMILES string of the molecule is CNC(=O)[C@@H](C)N(Cc1cccc(Br)c1)C(=O)CN(c1ccc(F)cc1)S(=O)(=O)c1ccc(OC)cc1. The minimum atomic E-state index is -4.25. The molecule has 0 radical (unpaired) electrons. The third kappa shape index (κ3) is 6.86. The van der Waals surface area contributed by atoms with Crippen molar-refractivity contribution in [2.24, 2.45) is 0 Å². The van der Waals surface area contributed by atoms with Crippen LogP contribution in [-0.4, -0.2) is 51.9 Å². The van der Waals surface area contributed by atoms with Crippen molar-refractivity contribution in [2.75, 3.05) is 25.0 Å². The second kappa shape index (κ2) is 12.2. The van der Waals surface area contributed by atoms with Crippen LogP contribution in [0.15, 0.2) is 82.2 Å². The Balaban J connectivity index is 2.02. The lowest BCUT2D eigenvalue weighted by atomic mass is 10.1. The van der Waals surface area contributed by atoms with Crippen molar-refractivity contribution in [2.45, 2.75) is 24.4 Å². The molecular formula is C26H27BrFN3O5S. The Morgan fingerprint density at radius 3 is 2.27 bits per heavy atom. The summed E-state index contributed by atoms with van der Waals surface area (Å²) in [6.07, 6.45) is 0. The van der Waals surface area contributed by atoms with E-state index in [-0.39, 0.29) is 17.1 Å². The highest BCUT2D eigenvalue weighted by Crippen LogP contribution is 2.26. The molecule has 0 bridgehead atoms. The fourth-order valence-corrected chi connectivity index (χ4v) is 5.50. The largest absolute Gasteiger partial charge is 0.497 e. The summed E-state index contributed by atoms with van der Waals surface area (Å²) >= 11 is 3.40. The molecule has 0 fully saturated rings. The number of anilines is 1. The zero-order valence-electron chi connectivity index (χ0n) is 20.5. The van der Waals surface area contributed by atoms with E-state index in [1.165, 1.54) is 55.5 Å². The van der Waals surface area contributed by atoms with Crippen LogP contribution in [0.2, 0.25) is 0 Å². The number of nitrogens with one attached hydrogen (secondary N) is 1. The van der Waals surface area contributed by atoms with Crippen LogP contribution in [0.1, 0.15) is 12.5 Å². The number of rotatable bonds is 10. The first kappa shape index (κ1) is 28.1. The summed E-state index contributed by atoms with van der Waals surface area (Å²) in [5.74, 6) is -1.11. The molecular weight excluding hydrogens is 565 g/mol. The number of hydrogen-bond donors (Lipinski definition) is 1. The molecule has 0 aliphatic carbocycles. The van der Waals surface area contributed by atoms with Crippen molar-refractivity contribution >= 4 is 43.5 Å². The quantitative estimate of drug-likeness (QED) is 0.385. The van der Waals surface area contributed by atoms with Gasteiger partial charge in [0.15, 0.2) is 0 Å². The first-order valence-electron chi connectivity index (χ1n) is 11.2. The van der Waals surface area contributed by atoms with Crippen LogP contribution in [0.3, 0.4) is 0 Å². The molecule has 0 heterocycles. The zero-order valence-corrected chi connectivity index (χ0v) is 22.9. The summed E-state index contributed by atoms with van der Waals surface area (Å²) in [5, 5.41) is 2.53. The third-order valence-corrected chi connectivity index (χ3v) is 7.98. The maximum absolute atomic E-state index is 13.7.